The van der Waals surface area contributed by atoms with Crippen LogP contribution < -0.4 is 0 Å². The number of aromatic nitrogens is 2. The fraction of sp³-hybridized carbons (Fsp3) is 0.353. The summed E-state index contributed by atoms with van der Waals surface area (Å²) in [5.74, 6) is -5.44. The van der Waals surface area contributed by atoms with Crippen LogP contribution in [-0.4, -0.2) is 47.2 Å². The maximum absolute atomic E-state index is 14.2. The van der Waals surface area contributed by atoms with Crippen molar-refractivity contribution < 1.29 is 41.4 Å². The summed E-state index contributed by atoms with van der Waals surface area (Å²) in [7, 11) is -7.62. The van der Waals surface area contributed by atoms with Gasteiger partial charge in [0.25, 0.3) is 5.92 Å². The van der Waals surface area contributed by atoms with E-state index in [1.807, 2.05) is 0 Å². The highest BCUT2D eigenvalue weighted by atomic mass is 35.5. The first-order valence-electron chi connectivity index (χ1n) is 8.89. The third kappa shape index (κ3) is 4.49. The molecule has 35 heavy (non-hydrogen) atoms. The number of aliphatic imine (C=N–C) groups is 1. The Labute approximate surface area is 200 Å². The summed E-state index contributed by atoms with van der Waals surface area (Å²) in [5.41, 5.74) is -7.37. The first kappa shape index (κ1) is 27.2. The first-order valence-corrected chi connectivity index (χ1v) is 11.6. The topological polar surface area (TPSA) is 57.2 Å². The molecule has 1 aliphatic carbocycles. The van der Waals surface area contributed by atoms with E-state index in [0.717, 1.165) is 11.2 Å². The monoisotopic (exact) mass is 577 g/mol. The van der Waals surface area contributed by atoms with E-state index in [2.05, 4.69) is 10.1 Å². The molecule has 0 radical (unpaired) electrons. The Balaban J connectivity index is 2.43. The molecule has 0 spiro atoms. The molecule has 0 amide bonds. The molecule has 1 aliphatic rings. The molecule has 2 aromatic rings. The fourth-order valence-corrected chi connectivity index (χ4v) is 4.76. The van der Waals surface area contributed by atoms with Crippen LogP contribution in [0.2, 0.25) is 10.0 Å². The number of benzene rings is 1. The number of alkyl halides is 5. The van der Waals surface area contributed by atoms with Gasteiger partial charge in [0.2, 0.25) is 0 Å². The summed E-state index contributed by atoms with van der Waals surface area (Å²) in [6.45, 7) is 0. The Kier molecular flexibility index (Phi) is 5.52. The summed E-state index contributed by atoms with van der Waals surface area (Å²) in [5, 5.41) is 10.5. The van der Waals surface area contributed by atoms with Gasteiger partial charge in [-0.25, -0.2) is 18.5 Å². The van der Waals surface area contributed by atoms with Crippen LogP contribution in [0.1, 0.15) is 17.7 Å². The van der Waals surface area contributed by atoms with Crippen molar-refractivity contribution in [3.63, 3.8) is 0 Å². The second kappa shape index (κ2) is 7.10. The molecule has 1 fully saturated rings. The largest absolute Gasteiger partial charge is 0.404 e. The van der Waals surface area contributed by atoms with Crippen LogP contribution in [0.3, 0.4) is 0 Å². The highest BCUT2D eigenvalue weighted by Gasteiger charge is 2.86. The zero-order valence-corrected chi connectivity index (χ0v) is 19.4. The van der Waals surface area contributed by atoms with Crippen molar-refractivity contribution in [3.8, 4) is 11.8 Å². The number of hydrogen-bond donors (Lipinski definition) is 0. The van der Waals surface area contributed by atoms with Crippen LogP contribution in [0.25, 0.3) is 5.69 Å². The van der Waals surface area contributed by atoms with Gasteiger partial charge in [-0.2, -0.15) is 23.5 Å². The predicted molar refractivity (Wildman–Crippen MR) is 109 cm³/mol. The lowest BCUT2D eigenvalue weighted by molar-refractivity contribution is -0.182. The average molecular weight is 578 g/mol. The summed E-state index contributed by atoms with van der Waals surface area (Å²) >= 11 is 11.5. The Hall–Kier alpha value is -2.38. The lowest BCUT2D eigenvalue weighted by Gasteiger charge is -2.40. The maximum Gasteiger partial charge on any atom is 0.404 e. The average Bonchev–Trinajstić information content (AvgIpc) is 3.06. The summed E-state index contributed by atoms with van der Waals surface area (Å²) in [6.07, 6.45) is -6.55. The van der Waals surface area contributed by atoms with E-state index in [4.69, 9.17) is 23.2 Å². The first-order chi connectivity index (χ1) is 15.5. The van der Waals surface area contributed by atoms with Crippen molar-refractivity contribution in [2.75, 3.05) is 14.1 Å². The predicted octanol–water partition coefficient (Wildman–Crippen LogP) is 7.77. The van der Waals surface area contributed by atoms with Crippen molar-refractivity contribution >= 4 is 45.6 Å². The van der Waals surface area contributed by atoms with Crippen molar-refractivity contribution in [2.24, 2.45) is 4.99 Å². The summed E-state index contributed by atoms with van der Waals surface area (Å²) < 4.78 is 136. The van der Waals surface area contributed by atoms with Crippen molar-refractivity contribution in [2.45, 2.75) is 28.8 Å². The van der Waals surface area contributed by atoms with E-state index in [0.29, 0.717) is 0 Å². The number of halogens is 12. The normalized spacial score (nSPS) is 22.0. The number of hydrogen-bond acceptors (Lipinski definition) is 3. The molecular formula is C17H11Cl2F10N5S. The minimum atomic E-state index is -10.3. The quantitative estimate of drug-likeness (QED) is 0.207. The smallest absolute Gasteiger partial charge is 0.369 e. The lowest BCUT2D eigenvalue weighted by atomic mass is 9.94. The standard InChI is InChI=1S/C17H11Cl2F10N5S/c1-33(2)7-31-14-12(15(17(22,23)24)6-16(15,20)21)11(5-30)32-34(14)13-9(18)3-8(4-10(13)19)35(25,26,27,28)29/h3-4,7H,6H2,1-2H3. The van der Waals surface area contributed by atoms with Gasteiger partial charge in [0.05, 0.1) is 21.9 Å². The van der Waals surface area contributed by atoms with Gasteiger partial charge in [0.1, 0.15) is 16.7 Å². The molecule has 1 aromatic carbocycles. The molecule has 1 heterocycles. The molecule has 0 aliphatic heterocycles. The SMILES string of the molecule is CN(C)C=Nc1c(C2(C(F)(F)F)CC2(F)F)c(C#N)nn1-c1c(Cl)cc(S(F)(F)(F)(F)F)cc1Cl. The van der Waals surface area contributed by atoms with Gasteiger partial charge in [-0.3, -0.25) is 0 Å². The summed E-state index contributed by atoms with van der Waals surface area (Å²) in [4.78, 5) is 2.29. The Bertz CT molecular complexity index is 1270. The molecule has 1 atom stereocenters. The van der Waals surface area contributed by atoms with E-state index in [1.54, 1.807) is 0 Å². The van der Waals surface area contributed by atoms with E-state index in [1.165, 1.54) is 20.2 Å². The number of nitrogens with zero attached hydrogens (tertiary/aromatic N) is 5. The Morgan fingerprint density at radius 1 is 1.14 bits per heavy atom. The van der Waals surface area contributed by atoms with Gasteiger partial charge in [0.15, 0.2) is 16.9 Å². The second-order valence-corrected chi connectivity index (χ2v) is 11.0. The lowest BCUT2D eigenvalue weighted by Crippen LogP contribution is -2.35. The van der Waals surface area contributed by atoms with Crippen LogP contribution in [-0.2, 0) is 5.41 Å². The minimum Gasteiger partial charge on any atom is -0.369 e. The van der Waals surface area contributed by atoms with Crippen LogP contribution in [0, 0.1) is 11.3 Å². The van der Waals surface area contributed by atoms with E-state index in [9.17, 15) is 46.6 Å². The second-order valence-electron chi connectivity index (χ2n) is 7.77. The zero-order chi connectivity index (χ0) is 27.1. The van der Waals surface area contributed by atoms with E-state index >= 15 is 0 Å². The van der Waals surface area contributed by atoms with Gasteiger partial charge in [0, 0.05) is 20.5 Å². The highest BCUT2D eigenvalue weighted by molar-refractivity contribution is 8.45. The molecule has 1 unspecified atom stereocenters. The molecule has 0 N–H and O–H groups in total. The summed E-state index contributed by atoms with van der Waals surface area (Å²) in [6, 6.07) is 0.728. The third-order valence-electron chi connectivity index (χ3n) is 4.92. The van der Waals surface area contributed by atoms with Gasteiger partial charge in [-0.15, -0.1) is 0 Å². The van der Waals surface area contributed by atoms with Crippen molar-refractivity contribution in [3.05, 3.63) is 33.4 Å². The van der Waals surface area contributed by atoms with Crippen LogP contribution in [0.15, 0.2) is 22.0 Å². The van der Waals surface area contributed by atoms with E-state index in [-0.39, 0.29) is 16.8 Å². The molecule has 0 bridgehead atoms. The van der Waals surface area contributed by atoms with Crippen LogP contribution in [0.4, 0.5) is 47.2 Å². The molecule has 0 saturated heterocycles. The Morgan fingerprint density at radius 3 is 1.97 bits per heavy atom. The zero-order valence-electron chi connectivity index (χ0n) is 17.1. The molecule has 3 rings (SSSR count). The van der Waals surface area contributed by atoms with Crippen molar-refractivity contribution in [1.29, 1.82) is 5.26 Å². The van der Waals surface area contributed by atoms with Crippen molar-refractivity contribution in [1.82, 2.24) is 14.7 Å². The van der Waals surface area contributed by atoms with Crippen LogP contribution >= 0.6 is 33.4 Å². The molecule has 194 valence electrons. The van der Waals surface area contributed by atoms with Crippen LogP contribution in [0.5, 0.6) is 0 Å². The number of rotatable bonds is 5. The number of nitriles is 1. The molecular weight excluding hydrogens is 567 g/mol. The molecule has 5 nitrogen and oxygen atoms in total. The molecule has 1 aromatic heterocycles. The van der Waals surface area contributed by atoms with Gasteiger partial charge < -0.3 is 4.90 Å². The van der Waals surface area contributed by atoms with Gasteiger partial charge in [-0.1, -0.05) is 42.6 Å². The fourth-order valence-electron chi connectivity index (χ4n) is 3.30. The van der Waals surface area contributed by atoms with Gasteiger partial charge in [-0.05, 0) is 12.1 Å². The van der Waals surface area contributed by atoms with Gasteiger partial charge >= 0.3 is 16.4 Å². The molecule has 18 heteroatoms. The highest BCUT2D eigenvalue weighted by Crippen LogP contribution is 3.02. The minimum absolute atomic E-state index is 0.232. The molecule has 1 saturated carbocycles. The third-order valence-corrected chi connectivity index (χ3v) is 6.63. The Morgan fingerprint density at radius 2 is 1.63 bits per heavy atom. The van der Waals surface area contributed by atoms with E-state index < -0.39 is 71.9 Å². The maximum atomic E-state index is 14.2.